The molecule has 2 N–H and O–H groups in total. The fraction of sp³-hybridized carbons (Fsp3) is 0.0385. The van der Waals surface area contributed by atoms with Gasteiger partial charge < -0.3 is 14.5 Å². The highest BCUT2D eigenvalue weighted by atomic mass is 127. The molecule has 0 aliphatic rings. The number of rotatable bonds is 4. The fourth-order valence-electron chi connectivity index (χ4n) is 3.71. The number of carbonyl (C=O) groups is 1. The number of thiocarbonyl (C=S) groups is 1. The standard InChI is InChI=1S/C26H17BrIN3O3S/c1-33-23-19(12-15-4-2-3-5-18(15)22(23)27)24(32)31-26(35)29-17-10-11-21-20(13-17)30-25(34-21)14-6-8-16(28)9-7-14/h2-13H,1H3,(H2,29,31,32,35). The van der Waals surface area contributed by atoms with Gasteiger partial charge in [-0.2, -0.15) is 0 Å². The first-order valence-corrected chi connectivity index (χ1v) is 12.7. The van der Waals surface area contributed by atoms with Crippen LogP contribution in [0.1, 0.15) is 10.4 Å². The third-order valence-corrected chi connectivity index (χ3v) is 7.06. The molecule has 5 rings (SSSR count). The van der Waals surface area contributed by atoms with Crippen LogP contribution < -0.4 is 15.4 Å². The van der Waals surface area contributed by atoms with E-state index in [9.17, 15) is 4.79 Å². The summed E-state index contributed by atoms with van der Waals surface area (Å²) in [6.07, 6.45) is 0. The lowest BCUT2D eigenvalue weighted by molar-refractivity contribution is 0.0975. The maximum atomic E-state index is 13.1. The van der Waals surface area contributed by atoms with E-state index in [4.69, 9.17) is 21.4 Å². The molecule has 1 heterocycles. The van der Waals surface area contributed by atoms with Crippen LogP contribution in [0.4, 0.5) is 5.69 Å². The molecule has 0 saturated heterocycles. The van der Waals surface area contributed by atoms with E-state index < -0.39 is 0 Å². The molecule has 4 aromatic carbocycles. The van der Waals surface area contributed by atoms with E-state index in [0.717, 1.165) is 19.9 Å². The number of carbonyl (C=O) groups excluding carboxylic acids is 1. The quantitative estimate of drug-likeness (QED) is 0.158. The van der Waals surface area contributed by atoms with Crippen LogP contribution in [0.3, 0.4) is 0 Å². The summed E-state index contributed by atoms with van der Waals surface area (Å²) in [4.78, 5) is 17.6. The highest BCUT2D eigenvalue weighted by molar-refractivity contribution is 14.1. The Labute approximate surface area is 228 Å². The van der Waals surface area contributed by atoms with Crippen molar-refractivity contribution in [1.29, 1.82) is 0 Å². The molecule has 0 aliphatic carbocycles. The molecule has 0 bridgehead atoms. The average molecular weight is 658 g/mol. The van der Waals surface area contributed by atoms with Gasteiger partial charge in [-0.15, -0.1) is 0 Å². The normalized spacial score (nSPS) is 10.9. The lowest BCUT2D eigenvalue weighted by atomic mass is 10.1. The lowest BCUT2D eigenvalue weighted by Crippen LogP contribution is -2.34. The predicted octanol–water partition coefficient (Wildman–Crippen LogP) is 7.15. The molecular weight excluding hydrogens is 641 g/mol. The van der Waals surface area contributed by atoms with Gasteiger partial charge >= 0.3 is 0 Å². The molecule has 174 valence electrons. The topological polar surface area (TPSA) is 76.4 Å². The molecule has 9 heteroatoms. The second-order valence-electron chi connectivity index (χ2n) is 7.61. The molecule has 5 aromatic rings. The molecular formula is C26H17BrIN3O3S. The van der Waals surface area contributed by atoms with E-state index in [0.29, 0.717) is 38.5 Å². The molecule has 0 aliphatic heterocycles. The Morgan fingerprint density at radius 2 is 1.86 bits per heavy atom. The minimum atomic E-state index is -0.380. The van der Waals surface area contributed by atoms with E-state index in [1.165, 1.54) is 7.11 Å². The van der Waals surface area contributed by atoms with Crippen molar-refractivity contribution in [3.8, 4) is 17.2 Å². The van der Waals surface area contributed by atoms with Crippen LogP contribution in [0.5, 0.6) is 5.75 Å². The zero-order valence-electron chi connectivity index (χ0n) is 18.3. The maximum Gasteiger partial charge on any atom is 0.261 e. The van der Waals surface area contributed by atoms with Gasteiger partial charge in [0, 0.05) is 14.8 Å². The zero-order chi connectivity index (χ0) is 24.5. The monoisotopic (exact) mass is 657 g/mol. The van der Waals surface area contributed by atoms with Gasteiger partial charge in [-0.3, -0.25) is 10.1 Å². The number of methoxy groups -OCH3 is 1. The Morgan fingerprint density at radius 3 is 2.63 bits per heavy atom. The molecule has 0 fully saturated rings. The summed E-state index contributed by atoms with van der Waals surface area (Å²) in [6.45, 7) is 0. The van der Waals surface area contributed by atoms with Crippen LogP contribution in [0.25, 0.3) is 33.3 Å². The number of halogens is 2. The van der Waals surface area contributed by atoms with Gasteiger partial charge in [0.1, 0.15) is 11.3 Å². The molecule has 0 radical (unpaired) electrons. The second-order valence-corrected chi connectivity index (χ2v) is 10.1. The van der Waals surface area contributed by atoms with E-state index in [-0.39, 0.29) is 11.0 Å². The lowest BCUT2D eigenvalue weighted by Gasteiger charge is -2.14. The van der Waals surface area contributed by atoms with Gasteiger partial charge in [-0.25, -0.2) is 4.98 Å². The van der Waals surface area contributed by atoms with Crippen molar-refractivity contribution in [2.75, 3.05) is 12.4 Å². The van der Waals surface area contributed by atoms with Crippen LogP contribution in [-0.2, 0) is 0 Å². The van der Waals surface area contributed by atoms with Gasteiger partial charge in [-0.05, 0) is 110 Å². The number of hydrogen-bond acceptors (Lipinski definition) is 5. The van der Waals surface area contributed by atoms with E-state index in [1.54, 1.807) is 6.07 Å². The van der Waals surface area contributed by atoms with Gasteiger partial charge in [0.05, 0.1) is 17.1 Å². The molecule has 1 amide bonds. The number of anilines is 1. The van der Waals surface area contributed by atoms with Crippen LogP contribution >= 0.6 is 50.7 Å². The van der Waals surface area contributed by atoms with Gasteiger partial charge in [0.25, 0.3) is 5.91 Å². The summed E-state index contributed by atoms with van der Waals surface area (Å²) < 4.78 is 13.2. The summed E-state index contributed by atoms with van der Waals surface area (Å²) in [5, 5.41) is 7.79. The maximum absolute atomic E-state index is 13.1. The highest BCUT2D eigenvalue weighted by Gasteiger charge is 2.19. The van der Waals surface area contributed by atoms with Crippen molar-refractivity contribution in [3.63, 3.8) is 0 Å². The molecule has 0 atom stereocenters. The van der Waals surface area contributed by atoms with Crippen molar-refractivity contribution in [1.82, 2.24) is 10.3 Å². The molecule has 0 unspecified atom stereocenters. The van der Waals surface area contributed by atoms with Crippen molar-refractivity contribution >= 4 is 89.3 Å². The number of amides is 1. The number of nitrogens with zero attached hydrogens (tertiary/aromatic N) is 1. The Morgan fingerprint density at radius 1 is 1.09 bits per heavy atom. The largest absolute Gasteiger partial charge is 0.495 e. The van der Waals surface area contributed by atoms with Gasteiger partial charge in [0.15, 0.2) is 10.7 Å². The summed E-state index contributed by atoms with van der Waals surface area (Å²) in [5.41, 5.74) is 3.28. The molecule has 0 spiro atoms. The number of benzene rings is 4. The third kappa shape index (κ3) is 4.89. The van der Waals surface area contributed by atoms with Crippen LogP contribution in [-0.4, -0.2) is 23.1 Å². The average Bonchev–Trinajstić information content (AvgIpc) is 3.27. The Kier molecular flexibility index (Phi) is 6.72. The van der Waals surface area contributed by atoms with E-state index >= 15 is 0 Å². The fourth-order valence-corrected chi connectivity index (χ4v) is 5.01. The second kappa shape index (κ2) is 9.92. The number of aromatic nitrogens is 1. The predicted molar refractivity (Wildman–Crippen MR) is 154 cm³/mol. The molecule has 6 nitrogen and oxygen atoms in total. The first kappa shape index (κ1) is 23.7. The van der Waals surface area contributed by atoms with Gasteiger partial charge in [-0.1, -0.05) is 24.3 Å². The Balaban J connectivity index is 1.35. The van der Waals surface area contributed by atoms with Crippen LogP contribution in [0, 0.1) is 3.57 Å². The minimum absolute atomic E-state index is 0.155. The van der Waals surface area contributed by atoms with Crippen LogP contribution in [0.15, 0.2) is 81.7 Å². The number of ether oxygens (including phenoxy) is 1. The molecule has 0 saturated carbocycles. The summed E-state index contributed by atoms with van der Waals surface area (Å²) >= 11 is 11.2. The molecule has 1 aromatic heterocycles. The summed E-state index contributed by atoms with van der Waals surface area (Å²) in [7, 11) is 1.53. The highest BCUT2D eigenvalue weighted by Crippen LogP contribution is 2.36. The first-order chi connectivity index (χ1) is 16.9. The number of oxazole rings is 1. The van der Waals surface area contributed by atoms with Crippen molar-refractivity contribution in [2.24, 2.45) is 0 Å². The summed E-state index contributed by atoms with van der Waals surface area (Å²) in [6, 6.07) is 22.9. The van der Waals surface area contributed by atoms with Crippen molar-refractivity contribution < 1.29 is 13.9 Å². The molecule has 35 heavy (non-hydrogen) atoms. The number of hydrogen-bond donors (Lipinski definition) is 2. The van der Waals surface area contributed by atoms with Crippen molar-refractivity contribution in [3.05, 3.63) is 86.4 Å². The first-order valence-electron chi connectivity index (χ1n) is 10.5. The number of fused-ring (bicyclic) bond motifs is 2. The smallest absolute Gasteiger partial charge is 0.261 e. The SMILES string of the molecule is COc1c(C(=O)NC(=S)Nc2ccc3oc(-c4ccc(I)cc4)nc3c2)cc2ccccc2c1Br. The zero-order valence-corrected chi connectivity index (χ0v) is 22.8. The summed E-state index contributed by atoms with van der Waals surface area (Å²) in [5.74, 6) is 0.601. The third-order valence-electron chi connectivity index (χ3n) is 5.35. The minimum Gasteiger partial charge on any atom is -0.495 e. The number of nitrogens with one attached hydrogen (secondary N) is 2. The van der Waals surface area contributed by atoms with Gasteiger partial charge in [0.2, 0.25) is 5.89 Å². The Bertz CT molecular complexity index is 1600. The van der Waals surface area contributed by atoms with E-state index in [2.05, 4.69) is 54.1 Å². The van der Waals surface area contributed by atoms with Crippen molar-refractivity contribution in [2.45, 2.75) is 0 Å². The van der Waals surface area contributed by atoms with E-state index in [1.807, 2.05) is 66.7 Å². The van der Waals surface area contributed by atoms with Crippen LogP contribution in [0.2, 0.25) is 0 Å². The Hall–Kier alpha value is -3.02.